The van der Waals surface area contributed by atoms with E-state index in [-0.39, 0.29) is 18.1 Å². The number of benzene rings is 2. The van der Waals surface area contributed by atoms with E-state index in [1.165, 1.54) is 0 Å². The van der Waals surface area contributed by atoms with Crippen molar-refractivity contribution in [2.24, 2.45) is 0 Å². The van der Waals surface area contributed by atoms with E-state index in [1.54, 1.807) is 24.3 Å². The van der Waals surface area contributed by atoms with Crippen molar-refractivity contribution >= 4 is 34.8 Å². The van der Waals surface area contributed by atoms with Gasteiger partial charge >= 0.3 is 0 Å². The zero-order valence-electron chi connectivity index (χ0n) is 11.3. The standard InChI is InChI=1S/C16H15Cl2NO2/c17-13-7-2-8-14(18)15(13)16(21)19-12-6-1-4-11(10-12)5-3-9-20/h1-2,4,6-8,10,20H,3,5,9H2,(H,19,21). The lowest BCUT2D eigenvalue weighted by Gasteiger charge is -2.09. The predicted octanol–water partition coefficient (Wildman–Crippen LogP) is 4.17. The topological polar surface area (TPSA) is 49.3 Å². The second kappa shape index (κ2) is 7.46. The molecule has 2 aromatic rings. The maximum Gasteiger partial charge on any atom is 0.258 e. The van der Waals surface area contributed by atoms with Crippen LogP contribution in [0.5, 0.6) is 0 Å². The van der Waals surface area contributed by atoms with Crippen LogP contribution in [0.1, 0.15) is 22.3 Å². The third-order valence-electron chi connectivity index (χ3n) is 3.00. The lowest BCUT2D eigenvalue weighted by Crippen LogP contribution is -2.13. The van der Waals surface area contributed by atoms with E-state index in [1.807, 2.05) is 18.2 Å². The van der Waals surface area contributed by atoms with Crippen LogP contribution in [0.2, 0.25) is 10.0 Å². The molecule has 0 heterocycles. The van der Waals surface area contributed by atoms with Gasteiger partial charge in [-0.3, -0.25) is 4.79 Å². The SMILES string of the molecule is O=C(Nc1cccc(CCCO)c1)c1c(Cl)cccc1Cl. The van der Waals surface area contributed by atoms with Gasteiger partial charge in [0.2, 0.25) is 0 Å². The van der Waals surface area contributed by atoms with Gasteiger partial charge in [-0.25, -0.2) is 0 Å². The zero-order chi connectivity index (χ0) is 15.2. The van der Waals surface area contributed by atoms with Crippen LogP contribution in [0.25, 0.3) is 0 Å². The van der Waals surface area contributed by atoms with Gasteiger partial charge in [0.15, 0.2) is 0 Å². The number of anilines is 1. The Morgan fingerprint density at radius 3 is 2.43 bits per heavy atom. The Morgan fingerprint density at radius 1 is 1.10 bits per heavy atom. The highest BCUT2D eigenvalue weighted by molar-refractivity contribution is 6.40. The van der Waals surface area contributed by atoms with Gasteiger partial charge in [0.1, 0.15) is 0 Å². The Morgan fingerprint density at radius 2 is 1.76 bits per heavy atom. The summed E-state index contributed by atoms with van der Waals surface area (Å²) in [6.45, 7) is 0.145. The van der Waals surface area contributed by atoms with Crippen LogP contribution in [-0.2, 0) is 6.42 Å². The molecule has 2 N–H and O–H groups in total. The van der Waals surface area contributed by atoms with Crippen molar-refractivity contribution in [3.63, 3.8) is 0 Å². The molecular formula is C16H15Cl2NO2. The largest absolute Gasteiger partial charge is 0.396 e. The van der Waals surface area contributed by atoms with Gasteiger partial charge in [-0.15, -0.1) is 0 Å². The normalized spacial score (nSPS) is 10.4. The first-order valence-electron chi connectivity index (χ1n) is 6.57. The molecule has 0 aliphatic rings. The summed E-state index contributed by atoms with van der Waals surface area (Å²) in [6.07, 6.45) is 1.45. The van der Waals surface area contributed by atoms with E-state index >= 15 is 0 Å². The predicted molar refractivity (Wildman–Crippen MR) is 86.3 cm³/mol. The molecule has 0 bridgehead atoms. The minimum Gasteiger partial charge on any atom is -0.396 e. The lowest BCUT2D eigenvalue weighted by molar-refractivity contribution is 0.102. The van der Waals surface area contributed by atoms with Gasteiger partial charge in [0, 0.05) is 12.3 Å². The van der Waals surface area contributed by atoms with E-state index in [0.29, 0.717) is 22.2 Å². The van der Waals surface area contributed by atoms with Gasteiger partial charge in [-0.05, 0) is 42.7 Å². The molecule has 0 aromatic heterocycles. The highest BCUT2D eigenvalue weighted by Crippen LogP contribution is 2.25. The fourth-order valence-electron chi connectivity index (χ4n) is 2.00. The molecule has 21 heavy (non-hydrogen) atoms. The van der Waals surface area contributed by atoms with Gasteiger partial charge in [-0.2, -0.15) is 0 Å². The molecule has 3 nitrogen and oxygen atoms in total. The van der Waals surface area contributed by atoms with Gasteiger partial charge in [-0.1, -0.05) is 41.4 Å². The third kappa shape index (κ3) is 4.21. The van der Waals surface area contributed by atoms with E-state index in [9.17, 15) is 4.79 Å². The summed E-state index contributed by atoms with van der Waals surface area (Å²) >= 11 is 12.0. The first-order chi connectivity index (χ1) is 10.1. The average Bonchev–Trinajstić information content (AvgIpc) is 2.45. The number of carbonyl (C=O) groups is 1. The van der Waals surface area contributed by atoms with Crippen molar-refractivity contribution in [3.05, 3.63) is 63.6 Å². The molecule has 0 saturated heterocycles. The average molecular weight is 324 g/mol. The van der Waals surface area contributed by atoms with Gasteiger partial charge in [0.25, 0.3) is 5.91 Å². The number of nitrogens with one attached hydrogen (secondary N) is 1. The first-order valence-corrected chi connectivity index (χ1v) is 7.32. The smallest absolute Gasteiger partial charge is 0.258 e. The molecule has 110 valence electrons. The molecular weight excluding hydrogens is 309 g/mol. The number of aryl methyl sites for hydroxylation is 1. The lowest BCUT2D eigenvalue weighted by atomic mass is 10.1. The number of aliphatic hydroxyl groups is 1. The Hall–Kier alpha value is -1.55. The summed E-state index contributed by atoms with van der Waals surface area (Å²) in [5.41, 5.74) is 1.99. The number of aliphatic hydroxyl groups excluding tert-OH is 1. The summed E-state index contributed by atoms with van der Waals surface area (Å²) in [4.78, 5) is 12.3. The minimum absolute atomic E-state index is 0.145. The molecule has 0 saturated carbocycles. The van der Waals surface area contributed by atoms with Crippen LogP contribution in [0, 0.1) is 0 Å². The molecule has 0 radical (unpaired) electrons. The van der Waals surface area contributed by atoms with Crippen molar-refractivity contribution in [1.82, 2.24) is 0 Å². The second-order valence-electron chi connectivity index (χ2n) is 4.58. The quantitative estimate of drug-likeness (QED) is 0.867. The van der Waals surface area contributed by atoms with Crippen molar-refractivity contribution in [2.45, 2.75) is 12.8 Å². The van der Waals surface area contributed by atoms with Crippen LogP contribution in [-0.4, -0.2) is 17.6 Å². The maximum absolute atomic E-state index is 12.3. The molecule has 5 heteroatoms. The van der Waals surface area contributed by atoms with Gasteiger partial charge < -0.3 is 10.4 Å². The van der Waals surface area contributed by atoms with Crippen LogP contribution in [0.3, 0.4) is 0 Å². The molecule has 0 atom stereocenters. The van der Waals surface area contributed by atoms with Crippen molar-refractivity contribution < 1.29 is 9.90 Å². The molecule has 2 rings (SSSR count). The summed E-state index contributed by atoms with van der Waals surface area (Å²) in [5.74, 6) is -0.343. The van der Waals surface area contributed by atoms with Crippen LogP contribution in [0.4, 0.5) is 5.69 Å². The molecule has 0 aliphatic carbocycles. The Kier molecular flexibility index (Phi) is 5.62. The number of rotatable bonds is 5. The summed E-state index contributed by atoms with van der Waals surface area (Å²) < 4.78 is 0. The van der Waals surface area contributed by atoms with E-state index in [2.05, 4.69) is 5.32 Å². The maximum atomic E-state index is 12.3. The van der Waals surface area contributed by atoms with E-state index in [0.717, 1.165) is 12.0 Å². The van der Waals surface area contributed by atoms with Crippen molar-refractivity contribution in [3.8, 4) is 0 Å². The zero-order valence-corrected chi connectivity index (χ0v) is 12.8. The number of carbonyl (C=O) groups excluding carboxylic acids is 1. The Bertz CT molecular complexity index is 624. The molecule has 1 amide bonds. The fraction of sp³-hybridized carbons (Fsp3) is 0.188. The number of hydrogen-bond donors (Lipinski definition) is 2. The highest BCUT2D eigenvalue weighted by Gasteiger charge is 2.14. The summed E-state index contributed by atoms with van der Waals surface area (Å²) in [5, 5.41) is 12.3. The third-order valence-corrected chi connectivity index (χ3v) is 3.63. The number of amides is 1. The minimum atomic E-state index is -0.343. The van der Waals surface area contributed by atoms with Crippen molar-refractivity contribution in [1.29, 1.82) is 0 Å². The monoisotopic (exact) mass is 323 g/mol. The van der Waals surface area contributed by atoms with Crippen LogP contribution < -0.4 is 5.32 Å². The summed E-state index contributed by atoms with van der Waals surface area (Å²) in [7, 11) is 0. The second-order valence-corrected chi connectivity index (χ2v) is 5.39. The molecule has 2 aromatic carbocycles. The molecule has 0 unspecified atom stereocenters. The molecule has 0 fully saturated rings. The fourth-order valence-corrected chi connectivity index (χ4v) is 2.57. The van der Waals surface area contributed by atoms with E-state index < -0.39 is 0 Å². The summed E-state index contributed by atoms with van der Waals surface area (Å²) in [6, 6.07) is 12.4. The van der Waals surface area contributed by atoms with Crippen molar-refractivity contribution in [2.75, 3.05) is 11.9 Å². The first kappa shape index (κ1) is 15.8. The Labute approximate surface area is 133 Å². The molecule has 0 aliphatic heterocycles. The highest BCUT2D eigenvalue weighted by atomic mass is 35.5. The van der Waals surface area contributed by atoms with Crippen LogP contribution >= 0.6 is 23.2 Å². The van der Waals surface area contributed by atoms with E-state index in [4.69, 9.17) is 28.3 Å². The molecule has 0 spiro atoms. The number of hydrogen-bond acceptors (Lipinski definition) is 2. The Balaban J connectivity index is 2.16. The van der Waals surface area contributed by atoms with Gasteiger partial charge in [0.05, 0.1) is 15.6 Å². The van der Waals surface area contributed by atoms with Crippen LogP contribution in [0.15, 0.2) is 42.5 Å². The number of halogens is 2.